The molecule has 3 rings (SSSR count). The van der Waals surface area contributed by atoms with Gasteiger partial charge in [0.2, 0.25) is 0 Å². The number of hydrogen-bond donors (Lipinski definition) is 0. The fourth-order valence-corrected chi connectivity index (χ4v) is 2.68. The maximum atomic E-state index is 12.8. The summed E-state index contributed by atoms with van der Waals surface area (Å²) >= 11 is 0. The molecule has 0 saturated heterocycles. The van der Waals surface area contributed by atoms with E-state index in [-0.39, 0.29) is 11.7 Å². The smallest absolute Gasteiger partial charge is 0.264 e. The topological polar surface area (TPSA) is 49.7 Å². The van der Waals surface area contributed by atoms with E-state index in [1.165, 1.54) is 5.01 Å². The number of rotatable bonds is 3. The van der Waals surface area contributed by atoms with Gasteiger partial charge in [0.15, 0.2) is 5.78 Å². The summed E-state index contributed by atoms with van der Waals surface area (Å²) in [5.74, 6) is -1.33. The van der Waals surface area contributed by atoms with Crippen LogP contribution in [0.3, 0.4) is 0 Å². The summed E-state index contributed by atoms with van der Waals surface area (Å²) in [7, 11) is 0. The Hall–Kier alpha value is -2.75. The third kappa shape index (κ3) is 2.68. The van der Waals surface area contributed by atoms with E-state index in [9.17, 15) is 9.59 Å². The van der Waals surface area contributed by atoms with Gasteiger partial charge in [-0.15, -0.1) is 0 Å². The molecule has 1 atom stereocenters. The minimum absolute atomic E-state index is 0.196. The van der Waals surface area contributed by atoms with Gasteiger partial charge < -0.3 is 0 Å². The van der Waals surface area contributed by atoms with Crippen molar-refractivity contribution < 1.29 is 9.59 Å². The van der Waals surface area contributed by atoms with Crippen LogP contribution >= 0.6 is 0 Å². The lowest BCUT2D eigenvalue weighted by Gasteiger charge is -2.14. The molecule has 1 aliphatic rings. The number of amides is 1. The van der Waals surface area contributed by atoms with Crippen molar-refractivity contribution in [3.05, 3.63) is 65.2 Å². The molecule has 4 heteroatoms. The highest BCUT2D eigenvalue weighted by atomic mass is 16.2. The van der Waals surface area contributed by atoms with Gasteiger partial charge in [0.1, 0.15) is 5.92 Å². The summed E-state index contributed by atoms with van der Waals surface area (Å²) in [4.78, 5) is 25.5. The highest BCUT2D eigenvalue weighted by molar-refractivity contribution is 6.30. The normalized spacial score (nSPS) is 17.3. The zero-order valence-corrected chi connectivity index (χ0v) is 13.4. The van der Waals surface area contributed by atoms with Gasteiger partial charge in [-0.05, 0) is 50.1 Å². The van der Waals surface area contributed by atoms with Crippen LogP contribution in [0.25, 0.3) is 0 Å². The molecule has 2 aromatic rings. The standard InChI is InChI=1S/C19H18N2O2/c1-12-9-10-15(11-13(12)2)18(22)17-14(3)20-21(19(17)23)16-7-5-4-6-8-16/h4-11,17H,1-3H3/t17-/m1/s1. The van der Waals surface area contributed by atoms with Crippen LogP contribution in [0.15, 0.2) is 53.6 Å². The van der Waals surface area contributed by atoms with Gasteiger partial charge in [0.25, 0.3) is 5.91 Å². The molecule has 116 valence electrons. The number of hydrogen-bond acceptors (Lipinski definition) is 3. The first kappa shape index (κ1) is 15.2. The molecule has 0 saturated carbocycles. The lowest BCUT2D eigenvalue weighted by molar-refractivity contribution is -0.118. The number of aryl methyl sites for hydroxylation is 2. The summed E-state index contributed by atoms with van der Waals surface area (Å²) in [5.41, 5.74) is 3.91. The van der Waals surface area contributed by atoms with E-state index in [0.29, 0.717) is 17.0 Å². The second kappa shape index (κ2) is 5.80. The van der Waals surface area contributed by atoms with Crippen molar-refractivity contribution in [2.24, 2.45) is 11.0 Å². The Morgan fingerprint density at radius 2 is 1.70 bits per heavy atom. The largest absolute Gasteiger partial charge is 0.293 e. The Labute approximate surface area is 135 Å². The molecule has 0 fully saturated rings. The average Bonchev–Trinajstić information content (AvgIpc) is 2.85. The lowest BCUT2D eigenvalue weighted by atomic mass is 9.92. The Kier molecular flexibility index (Phi) is 3.82. The molecule has 2 aromatic carbocycles. The lowest BCUT2D eigenvalue weighted by Crippen LogP contribution is -2.32. The van der Waals surface area contributed by atoms with Crippen molar-refractivity contribution in [3.8, 4) is 0 Å². The second-order valence-electron chi connectivity index (χ2n) is 5.82. The van der Waals surface area contributed by atoms with Crippen LogP contribution in [0.4, 0.5) is 5.69 Å². The first-order chi connectivity index (χ1) is 11.0. The van der Waals surface area contributed by atoms with Gasteiger partial charge >= 0.3 is 0 Å². The molecule has 1 aliphatic heterocycles. The molecular formula is C19H18N2O2. The van der Waals surface area contributed by atoms with Crippen molar-refractivity contribution in [1.29, 1.82) is 0 Å². The summed E-state index contributed by atoms with van der Waals surface area (Å²) in [6, 6.07) is 14.7. The number of ketones is 1. The molecule has 1 heterocycles. The number of carbonyl (C=O) groups is 2. The number of Topliss-reactive ketones (excluding diaryl/α,β-unsaturated/α-hetero) is 1. The Balaban J connectivity index is 1.92. The van der Waals surface area contributed by atoms with Gasteiger partial charge in [-0.25, -0.2) is 0 Å². The molecule has 23 heavy (non-hydrogen) atoms. The Morgan fingerprint density at radius 1 is 1.00 bits per heavy atom. The predicted octanol–water partition coefficient (Wildman–Crippen LogP) is 3.53. The number of nitrogens with zero attached hydrogens (tertiary/aromatic N) is 2. The third-order valence-electron chi connectivity index (χ3n) is 4.19. The van der Waals surface area contributed by atoms with E-state index in [0.717, 1.165) is 11.1 Å². The predicted molar refractivity (Wildman–Crippen MR) is 90.8 cm³/mol. The number of benzene rings is 2. The number of hydrazone groups is 1. The molecule has 0 N–H and O–H groups in total. The summed E-state index contributed by atoms with van der Waals surface area (Å²) in [6.45, 7) is 5.68. The molecule has 0 radical (unpaired) electrons. The van der Waals surface area contributed by atoms with Crippen LogP contribution in [0.1, 0.15) is 28.4 Å². The third-order valence-corrected chi connectivity index (χ3v) is 4.19. The van der Waals surface area contributed by atoms with Crippen LogP contribution in [0, 0.1) is 19.8 Å². The van der Waals surface area contributed by atoms with Crippen LogP contribution in [0.2, 0.25) is 0 Å². The molecule has 0 aliphatic carbocycles. The quantitative estimate of drug-likeness (QED) is 0.643. The summed E-state index contributed by atoms with van der Waals surface area (Å²) < 4.78 is 0. The van der Waals surface area contributed by atoms with Gasteiger partial charge in [-0.2, -0.15) is 10.1 Å². The first-order valence-electron chi connectivity index (χ1n) is 7.54. The van der Waals surface area contributed by atoms with Gasteiger partial charge in [0.05, 0.1) is 11.4 Å². The minimum Gasteiger partial charge on any atom is -0.293 e. The molecule has 0 unspecified atom stereocenters. The number of para-hydroxylation sites is 1. The minimum atomic E-state index is -0.836. The van der Waals surface area contributed by atoms with Crippen molar-refractivity contribution in [1.82, 2.24) is 0 Å². The summed E-state index contributed by atoms with van der Waals surface area (Å²) in [6.07, 6.45) is 0. The van der Waals surface area contributed by atoms with Crippen LogP contribution in [-0.2, 0) is 4.79 Å². The highest BCUT2D eigenvalue weighted by Crippen LogP contribution is 2.26. The monoisotopic (exact) mass is 306 g/mol. The summed E-state index contributed by atoms with van der Waals surface area (Å²) in [5, 5.41) is 5.61. The van der Waals surface area contributed by atoms with Gasteiger partial charge in [-0.1, -0.05) is 30.3 Å². The average molecular weight is 306 g/mol. The Bertz CT molecular complexity index is 809. The SMILES string of the molecule is CC1=NN(c2ccccc2)C(=O)[C@H]1C(=O)c1ccc(C)c(C)c1. The van der Waals surface area contributed by atoms with Crippen molar-refractivity contribution >= 4 is 23.1 Å². The fourth-order valence-electron chi connectivity index (χ4n) is 2.68. The van der Waals surface area contributed by atoms with Gasteiger partial charge in [-0.3, -0.25) is 9.59 Å². The second-order valence-corrected chi connectivity index (χ2v) is 5.82. The van der Waals surface area contributed by atoms with E-state index in [4.69, 9.17) is 0 Å². The maximum Gasteiger partial charge on any atom is 0.264 e. The number of anilines is 1. The van der Waals surface area contributed by atoms with E-state index in [1.807, 2.05) is 44.2 Å². The van der Waals surface area contributed by atoms with Crippen LogP contribution in [0.5, 0.6) is 0 Å². The molecule has 1 amide bonds. The van der Waals surface area contributed by atoms with Crippen LogP contribution in [-0.4, -0.2) is 17.4 Å². The van der Waals surface area contributed by atoms with Crippen molar-refractivity contribution in [2.45, 2.75) is 20.8 Å². The molecule has 0 spiro atoms. The zero-order valence-electron chi connectivity index (χ0n) is 13.4. The highest BCUT2D eigenvalue weighted by Gasteiger charge is 2.39. The molecule has 4 nitrogen and oxygen atoms in total. The number of carbonyl (C=O) groups excluding carboxylic acids is 2. The van der Waals surface area contributed by atoms with E-state index < -0.39 is 5.92 Å². The molecule has 0 bridgehead atoms. The maximum absolute atomic E-state index is 12.8. The van der Waals surface area contributed by atoms with E-state index in [2.05, 4.69) is 5.10 Å². The molecule has 0 aromatic heterocycles. The zero-order chi connectivity index (χ0) is 16.6. The first-order valence-corrected chi connectivity index (χ1v) is 7.54. The van der Waals surface area contributed by atoms with Gasteiger partial charge in [0, 0.05) is 5.56 Å². The molecular weight excluding hydrogens is 288 g/mol. The van der Waals surface area contributed by atoms with Crippen molar-refractivity contribution in [3.63, 3.8) is 0 Å². The van der Waals surface area contributed by atoms with Crippen molar-refractivity contribution in [2.75, 3.05) is 5.01 Å². The Morgan fingerprint density at radius 3 is 2.35 bits per heavy atom. The van der Waals surface area contributed by atoms with E-state index in [1.54, 1.807) is 25.1 Å². The van der Waals surface area contributed by atoms with Crippen LogP contribution < -0.4 is 5.01 Å². The fraction of sp³-hybridized carbons (Fsp3) is 0.211. The van der Waals surface area contributed by atoms with E-state index >= 15 is 0 Å².